The van der Waals surface area contributed by atoms with Crippen molar-refractivity contribution < 1.29 is 4.79 Å². The van der Waals surface area contributed by atoms with Crippen LogP contribution in [0.2, 0.25) is 0 Å². The fraction of sp³-hybridized carbons (Fsp3) is 0.0769. The van der Waals surface area contributed by atoms with Gasteiger partial charge in [0.15, 0.2) is 0 Å². The third-order valence-corrected chi connectivity index (χ3v) is 3.04. The first-order chi connectivity index (χ1) is 9.34. The van der Waals surface area contributed by atoms with E-state index in [-0.39, 0.29) is 11.7 Å². The first kappa shape index (κ1) is 13.2. The lowest BCUT2D eigenvalue weighted by Gasteiger charge is -1.99. The van der Waals surface area contributed by atoms with Gasteiger partial charge in [-0.3, -0.25) is 9.78 Å². The Morgan fingerprint density at radius 3 is 2.84 bits per heavy atom. The zero-order chi connectivity index (χ0) is 13.3. The van der Waals surface area contributed by atoms with Gasteiger partial charge in [0.05, 0.1) is 17.0 Å². The second-order valence-electron chi connectivity index (χ2n) is 3.53. The van der Waals surface area contributed by atoms with Crippen molar-refractivity contribution in [1.82, 2.24) is 15.4 Å². The number of carbonyl (C=O) groups excluding carboxylic acids is 1. The number of carbonyl (C=O) groups is 1. The molecule has 19 heavy (non-hydrogen) atoms. The molecule has 0 aliphatic carbocycles. The third kappa shape index (κ3) is 4.89. The molecule has 0 saturated carbocycles. The van der Waals surface area contributed by atoms with Crippen LogP contribution in [-0.2, 0) is 4.79 Å². The number of amides is 1. The van der Waals surface area contributed by atoms with E-state index in [1.807, 2.05) is 18.2 Å². The van der Waals surface area contributed by atoms with E-state index < -0.39 is 0 Å². The zero-order valence-electron chi connectivity index (χ0n) is 10.1. The van der Waals surface area contributed by atoms with Gasteiger partial charge in [-0.05, 0) is 29.8 Å². The molecule has 0 fully saturated rings. The minimum Gasteiger partial charge on any atom is -0.272 e. The van der Waals surface area contributed by atoms with Gasteiger partial charge in [-0.1, -0.05) is 17.8 Å². The van der Waals surface area contributed by atoms with Crippen molar-refractivity contribution in [2.45, 2.75) is 5.03 Å². The molecule has 0 aliphatic heterocycles. The van der Waals surface area contributed by atoms with Crippen LogP contribution in [-0.4, -0.2) is 27.8 Å². The normalized spacial score (nSPS) is 10.5. The number of aromatic nitrogens is 2. The van der Waals surface area contributed by atoms with E-state index in [9.17, 15) is 4.79 Å². The number of rotatable bonds is 5. The number of hydrazone groups is 1. The number of pyridine rings is 2. The predicted molar refractivity (Wildman–Crippen MR) is 74.9 cm³/mol. The fourth-order valence-electron chi connectivity index (χ4n) is 1.23. The van der Waals surface area contributed by atoms with Gasteiger partial charge in [0.2, 0.25) is 5.91 Å². The van der Waals surface area contributed by atoms with Crippen LogP contribution >= 0.6 is 11.8 Å². The van der Waals surface area contributed by atoms with Crippen LogP contribution in [0.1, 0.15) is 5.56 Å². The molecule has 1 amide bonds. The molecule has 96 valence electrons. The van der Waals surface area contributed by atoms with Gasteiger partial charge in [-0.15, -0.1) is 0 Å². The maximum absolute atomic E-state index is 11.5. The Labute approximate surface area is 115 Å². The molecular formula is C13H12N4OS. The minimum absolute atomic E-state index is 0.166. The van der Waals surface area contributed by atoms with Crippen molar-refractivity contribution in [3.05, 3.63) is 54.5 Å². The number of thioether (sulfide) groups is 1. The largest absolute Gasteiger partial charge is 0.272 e. The van der Waals surface area contributed by atoms with E-state index in [0.29, 0.717) is 0 Å². The Kier molecular flexibility index (Phi) is 5.06. The summed E-state index contributed by atoms with van der Waals surface area (Å²) < 4.78 is 0. The molecule has 0 radical (unpaired) electrons. The average molecular weight is 272 g/mol. The van der Waals surface area contributed by atoms with Crippen LogP contribution in [0.15, 0.2) is 59.0 Å². The molecule has 0 atom stereocenters. The Morgan fingerprint density at radius 2 is 2.11 bits per heavy atom. The highest BCUT2D eigenvalue weighted by molar-refractivity contribution is 7.99. The summed E-state index contributed by atoms with van der Waals surface area (Å²) in [5.41, 5.74) is 3.34. The van der Waals surface area contributed by atoms with Crippen molar-refractivity contribution in [3.63, 3.8) is 0 Å². The van der Waals surface area contributed by atoms with Gasteiger partial charge >= 0.3 is 0 Å². The lowest BCUT2D eigenvalue weighted by Crippen LogP contribution is -2.19. The number of nitrogens with zero attached hydrogens (tertiary/aromatic N) is 3. The highest BCUT2D eigenvalue weighted by atomic mass is 32.2. The van der Waals surface area contributed by atoms with Gasteiger partial charge in [0.1, 0.15) is 0 Å². The number of hydrogen-bond acceptors (Lipinski definition) is 5. The smallest absolute Gasteiger partial charge is 0.250 e. The Morgan fingerprint density at radius 1 is 1.26 bits per heavy atom. The monoisotopic (exact) mass is 272 g/mol. The Balaban J connectivity index is 1.75. The maximum atomic E-state index is 11.5. The second kappa shape index (κ2) is 7.27. The Bertz CT molecular complexity index is 545. The van der Waals surface area contributed by atoms with E-state index in [0.717, 1.165) is 10.6 Å². The standard InChI is InChI=1S/C13H12N4OS/c18-12(10-19-13-3-1-2-6-15-13)17-16-9-11-4-7-14-8-5-11/h1-9H,10H2,(H,17,18)/b16-9+. The summed E-state index contributed by atoms with van der Waals surface area (Å²) in [4.78, 5) is 19.5. The lowest BCUT2D eigenvalue weighted by molar-refractivity contribution is -0.118. The van der Waals surface area contributed by atoms with E-state index in [4.69, 9.17) is 0 Å². The highest BCUT2D eigenvalue weighted by Gasteiger charge is 2.01. The van der Waals surface area contributed by atoms with Crippen molar-refractivity contribution in [3.8, 4) is 0 Å². The second-order valence-corrected chi connectivity index (χ2v) is 4.53. The number of hydrogen-bond donors (Lipinski definition) is 1. The van der Waals surface area contributed by atoms with E-state index in [2.05, 4.69) is 20.5 Å². The SMILES string of the molecule is O=C(CSc1ccccn1)N/N=C/c1ccncc1. The molecule has 0 aromatic carbocycles. The summed E-state index contributed by atoms with van der Waals surface area (Å²) in [7, 11) is 0. The molecule has 0 unspecified atom stereocenters. The summed E-state index contributed by atoms with van der Waals surface area (Å²) in [6, 6.07) is 9.19. The van der Waals surface area contributed by atoms with Gasteiger partial charge in [-0.25, -0.2) is 10.4 Å². The molecular weight excluding hydrogens is 260 g/mol. The van der Waals surface area contributed by atoms with Crippen molar-refractivity contribution in [1.29, 1.82) is 0 Å². The van der Waals surface area contributed by atoms with Crippen LogP contribution in [0.3, 0.4) is 0 Å². The van der Waals surface area contributed by atoms with Crippen LogP contribution < -0.4 is 5.43 Å². The minimum atomic E-state index is -0.166. The summed E-state index contributed by atoms with van der Waals surface area (Å²) in [5, 5.41) is 4.68. The van der Waals surface area contributed by atoms with E-state index in [1.54, 1.807) is 36.9 Å². The van der Waals surface area contributed by atoms with E-state index in [1.165, 1.54) is 11.8 Å². The van der Waals surface area contributed by atoms with Crippen molar-refractivity contribution in [2.24, 2.45) is 5.10 Å². The lowest BCUT2D eigenvalue weighted by atomic mass is 10.3. The molecule has 0 bridgehead atoms. The van der Waals surface area contributed by atoms with Gasteiger partial charge in [-0.2, -0.15) is 5.10 Å². The predicted octanol–water partition coefficient (Wildman–Crippen LogP) is 1.72. The molecule has 6 heteroatoms. The van der Waals surface area contributed by atoms with E-state index >= 15 is 0 Å². The Hall–Kier alpha value is -2.21. The van der Waals surface area contributed by atoms with Gasteiger partial charge in [0.25, 0.3) is 0 Å². The van der Waals surface area contributed by atoms with Gasteiger partial charge < -0.3 is 0 Å². The van der Waals surface area contributed by atoms with Crippen molar-refractivity contribution in [2.75, 3.05) is 5.75 Å². The topological polar surface area (TPSA) is 67.2 Å². The molecule has 2 aromatic rings. The van der Waals surface area contributed by atoms with Crippen LogP contribution in [0.4, 0.5) is 0 Å². The first-order valence-corrected chi connectivity index (χ1v) is 6.59. The summed E-state index contributed by atoms with van der Waals surface area (Å²) >= 11 is 1.37. The molecule has 2 rings (SSSR count). The third-order valence-electron chi connectivity index (χ3n) is 2.10. The molecule has 2 aromatic heterocycles. The zero-order valence-corrected chi connectivity index (χ0v) is 10.9. The van der Waals surface area contributed by atoms with Crippen LogP contribution in [0, 0.1) is 0 Å². The summed E-state index contributed by atoms with van der Waals surface area (Å²) in [6.07, 6.45) is 6.60. The number of nitrogens with one attached hydrogen (secondary N) is 1. The highest BCUT2D eigenvalue weighted by Crippen LogP contribution is 2.12. The molecule has 1 N–H and O–H groups in total. The maximum Gasteiger partial charge on any atom is 0.250 e. The quantitative estimate of drug-likeness (QED) is 0.511. The van der Waals surface area contributed by atoms with Crippen LogP contribution in [0.25, 0.3) is 0 Å². The molecule has 0 saturated heterocycles. The molecule has 2 heterocycles. The summed E-state index contributed by atoms with van der Waals surface area (Å²) in [5.74, 6) is 0.117. The molecule has 0 aliphatic rings. The summed E-state index contributed by atoms with van der Waals surface area (Å²) in [6.45, 7) is 0. The first-order valence-electron chi connectivity index (χ1n) is 5.60. The average Bonchev–Trinajstić information content (AvgIpc) is 2.47. The molecule has 5 nitrogen and oxygen atoms in total. The van der Waals surface area contributed by atoms with Crippen molar-refractivity contribution >= 4 is 23.9 Å². The van der Waals surface area contributed by atoms with Crippen LogP contribution in [0.5, 0.6) is 0 Å². The molecule has 0 spiro atoms. The van der Waals surface area contributed by atoms with Gasteiger partial charge in [0, 0.05) is 18.6 Å². The fourth-order valence-corrected chi connectivity index (χ4v) is 1.89.